The molecule has 1 saturated carbocycles. The van der Waals surface area contributed by atoms with E-state index in [9.17, 15) is 8.42 Å². The van der Waals surface area contributed by atoms with Crippen LogP contribution in [0.15, 0.2) is 0 Å². The second kappa shape index (κ2) is 6.73. The average Bonchev–Trinajstić information content (AvgIpc) is 2.40. The van der Waals surface area contributed by atoms with Crippen LogP contribution in [0, 0.1) is 5.92 Å². The topological polar surface area (TPSA) is 66.6 Å². The zero-order valence-corrected chi connectivity index (χ0v) is 13.6. The Labute approximate surface area is 123 Å². The van der Waals surface area contributed by atoms with Crippen LogP contribution in [0.5, 0.6) is 0 Å². The summed E-state index contributed by atoms with van der Waals surface area (Å²) in [5.74, 6) is 0.803. The van der Waals surface area contributed by atoms with Crippen molar-refractivity contribution in [1.82, 2.24) is 9.21 Å². The monoisotopic (exact) mass is 303 g/mol. The van der Waals surface area contributed by atoms with Gasteiger partial charge in [-0.15, -0.1) is 0 Å². The normalized spacial score (nSPS) is 34.2. The van der Waals surface area contributed by atoms with E-state index in [0.29, 0.717) is 19.1 Å². The molecule has 1 saturated heterocycles. The highest BCUT2D eigenvalue weighted by molar-refractivity contribution is 7.88. The molecule has 2 N–H and O–H groups in total. The molecule has 0 aromatic heterocycles. The van der Waals surface area contributed by atoms with Crippen LogP contribution in [0.3, 0.4) is 0 Å². The lowest BCUT2D eigenvalue weighted by Gasteiger charge is -2.44. The molecule has 5 nitrogen and oxygen atoms in total. The predicted octanol–water partition coefficient (Wildman–Crippen LogP) is 0.860. The van der Waals surface area contributed by atoms with Crippen molar-refractivity contribution in [3.8, 4) is 0 Å². The Balaban J connectivity index is 1.91. The van der Waals surface area contributed by atoms with Gasteiger partial charge in [0, 0.05) is 38.3 Å². The quantitative estimate of drug-likeness (QED) is 0.836. The van der Waals surface area contributed by atoms with Gasteiger partial charge in [0.15, 0.2) is 0 Å². The van der Waals surface area contributed by atoms with Crippen LogP contribution in [0.2, 0.25) is 0 Å². The van der Waals surface area contributed by atoms with Crippen LogP contribution in [0.1, 0.15) is 39.0 Å². The highest BCUT2D eigenvalue weighted by atomic mass is 32.2. The van der Waals surface area contributed by atoms with Crippen LogP contribution >= 0.6 is 0 Å². The van der Waals surface area contributed by atoms with E-state index in [-0.39, 0.29) is 6.04 Å². The molecule has 0 spiro atoms. The molecular weight excluding hydrogens is 274 g/mol. The van der Waals surface area contributed by atoms with E-state index in [4.69, 9.17) is 5.73 Å². The lowest BCUT2D eigenvalue weighted by molar-refractivity contribution is 0.0779. The first-order chi connectivity index (χ1) is 9.41. The molecule has 2 fully saturated rings. The molecule has 0 radical (unpaired) electrons. The summed E-state index contributed by atoms with van der Waals surface area (Å²) in [6.45, 7) is 5.12. The minimum Gasteiger partial charge on any atom is -0.326 e. The maximum absolute atomic E-state index is 11.6. The van der Waals surface area contributed by atoms with E-state index < -0.39 is 10.0 Å². The number of hydrogen-bond donors (Lipinski definition) is 1. The number of rotatable bonds is 4. The van der Waals surface area contributed by atoms with E-state index >= 15 is 0 Å². The van der Waals surface area contributed by atoms with Gasteiger partial charge >= 0.3 is 0 Å². The van der Waals surface area contributed by atoms with Crippen LogP contribution in [0.4, 0.5) is 0 Å². The molecule has 0 amide bonds. The fraction of sp³-hybridized carbons (Fsp3) is 1.00. The Morgan fingerprint density at radius 1 is 1.15 bits per heavy atom. The first-order valence-electron chi connectivity index (χ1n) is 7.86. The summed E-state index contributed by atoms with van der Waals surface area (Å²) in [4.78, 5) is 2.42. The van der Waals surface area contributed by atoms with Crippen LogP contribution in [-0.2, 0) is 10.0 Å². The summed E-state index contributed by atoms with van der Waals surface area (Å²) in [6, 6.07) is 0.704. The Morgan fingerprint density at radius 2 is 1.80 bits per heavy atom. The van der Waals surface area contributed by atoms with Gasteiger partial charge in [0.1, 0.15) is 0 Å². The molecule has 1 heterocycles. The molecule has 6 heteroatoms. The van der Waals surface area contributed by atoms with Gasteiger partial charge in [-0.05, 0) is 25.2 Å². The molecule has 20 heavy (non-hydrogen) atoms. The van der Waals surface area contributed by atoms with Gasteiger partial charge in [0.05, 0.1) is 6.26 Å². The standard InChI is InChI=1S/C14H29N3O2S/c1-3-4-12-5-6-13(15)14(11-12)16-7-9-17(10-8-16)20(2,18)19/h12-14H,3-11,15H2,1-2H3. The Hall–Kier alpha value is -0.170. The first kappa shape index (κ1) is 16.2. The fourth-order valence-electron chi connectivity index (χ4n) is 3.71. The lowest BCUT2D eigenvalue weighted by Crippen LogP contribution is -2.58. The fourth-order valence-corrected chi connectivity index (χ4v) is 4.54. The molecule has 0 bridgehead atoms. The van der Waals surface area contributed by atoms with Crippen molar-refractivity contribution in [1.29, 1.82) is 0 Å². The maximum Gasteiger partial charge on any atom is 0.211 e. The zero-order chi connectivity index (χ0) is 14.8. The molecule has 0 aromatic rings. The van der Waals surface area contributed by atoms with E-state index in [2.05, 4.69) is 11.8 Å². The third-order valence-corrected chi connectivity index (χ3v) is 6.19. The minimum absolute atomic E-state index is 0.257. The molecule has 3 atom stereocenters. The summed E-state index contributed by atoms with van der Waals surface area (Å²) < 4.78 is 24.7. The number of nitrogens with zero attached hydrogens (tertiary/aromatic N) is 2. The zero-order valence-electron chi connectivity index (χ0n) is 12.8. The molecule has 1 aliphatic carbocycles. The Kier molecular flexibility index (Phi) is 5.45. The Bertz CT molecular complexity index is 405. The number of piperazine rings is 1. The lowest BCUT2D eigenvalue weighted by atomic mass is 9.79. The van der Waals surface area contributed by atoms with Crippen LogP contribution < -0.4 is 5.73 Å². The van der Waals surface area contributed by atoms with Crippen molar-refractivity contribution in [3.63, 3.8) is 0 Å². The van der Waals surface area contributed by atoms with Gasteiger partial charge in [-0.2, -0.15) is 4.31 Å². The van der Waals surface area contributed by atoms with E-state index in [1.54, 1.807) is 4.31 Å². The summed E-state index contributed by atoms with van der Waals surface area (Å²) >= 11 is 0. The summed E-state index contributed by atoms with van der Waals surface area (Å²) in [6.07, 6.45) is 7.40. The largest absolute Gasteiger partial charge is 0.326 e. The first-order valence-corrected chi connectivity index (χ1v) is 9.71. The van der Waals surface area contributed by atoms with Crippen molar-refractivity contribution < 1.29 is 8.42 Å². The summed E-state index contributed by atoms with van der Waals surface area (Å²) in [5.41, 5.74) is 6.32. The molecule has 2 rings (SSSR count). The highest BCUT2D eigenvalue weighted by Crippen LogP contribution is 2.30. The van der Waals surface area contributed by atoms with Gasteiger partial charge in [-0.3, -0.25) is 4.90 Å². The predicted molar refractivity (Wildman–Crippen MR) is 82.0 cm³/mol. The highest BCUT2D eigenvalue weighted by Gasteiger charge is 2.34. The summed E-state index contributed by atoms with van der Waals surface area (Å²) in [7, 11) is -3.04. The Morgan fingerprint density at radius 3 is 2.35 bits per heavy atom. The number of nitrogens with two attached hydrogens (primary N) is 1. The molecule has 0 aromatic carbocycles. The maximum atomic E-state index is 11.6. The van der Waals surface area contributed by atoms with Crippen molar-refractivity contribution in [3.05, 3.63) is 0 Å². The van der Waals surface area contributed by atoms with Gasteiger partial charge in [-0.1, -0.05) is 19.8 Å². The molecule has 1 aliphatic heterocycles. The van der Waals surface area contributed by atoms with Crippen molar-refractivity contribution in [2.24, 2.45) is 11.7 Å². The third-order valence-electron chi connectivity index (χ3n) is 4.89. The average molecular weight is 303 g/mol. The van der Waals surface area contributed by atoms with Crippen LogP contribution in [-0.4, -0.2) is 62.1 Å². The van der Waals surface area contributed by atoms with Gasteiger partial charge in [0.25, 0.3) is 0 Å². The van der Waals surface area contributed by atoms with Gasteiger partial charge in [-0.25, -0.2) is 8.42 Å². The molecular formula is C14H29N3O2S. The van der Waals surface area contributed by atoms with Crippen molar-refractivity contribution in [2.75, 3.05) is 32.4 Å². The minimum atomic E-state index is -3.04. The molecule has 2 aliphatic rings. The second-order valence-electron chi connectivity index (χ2n) is 6.40. The summed E-state index contributed by atoms with van der Waals surface area (Å²) in [5, 5.41) is 0. The number of hydrogen-bond acceptors (Lipinski definition) is 4. The molecule has 118 valence electrons. The van der Waals surface area contributed by atoms with Gasteiger partial charge < -0.3 is 5.73 Å². The van der Waals surface area contributed by atoms with E-state index in [0.717, 1.165) is 25.4 Å². The molecule has 3 unspecified atom stereocenters. The van der Waals surface area contributed by atoms with Crippen molar-refractivity contribution in [2.45, 2.75) is 51.1 Å². The van der Waals surface area contributed by atoms with Crippen LogP contribution in [0.25, 0.3) is 0 Å². The second-order valence-corrected chi connectivity index (χ2v) is 8.38. The van der Waals surface area contributed by atoms with Crippen molar-refractivity contribution >= 4 is 10.0 Å². The van der Waals surface area contributed by atoms with E-state index in [1.807, 2.05) is 0 Å². The van der Waals surface area contributed by atoms with E-state index in [1.165, 1.54) is 31.9 Å². The van der Waals surface area contributed by atoms with Gasteiger partial charge in [0.2, 0.25) is 10.0 Å². The smallest absolute Gasteiger partial charge is 0.211 e. The SMILES string of the molecule is CCCC1CCC(N)C(N2CCN(S(C)(=O)=O)CC2)C1. The number of sulfonamides is 1. The third kappa shape index (κ3) is 3.93.